The highest BCUT2D eigenvalue weighted by molar-refractivity contribution is 6.39. The normalized spacial score (nSPS) is 14.2. The largest absolute Gasteiger partial charge is 0.351 e. The van der Waals surface area contributed by atoms with Gasteiger partial charge in [-0.05, 0) is 25.1 Å². The zero-order valence-electron chi connectivity index (χ0n) is 10.2. The van der Waals surface area contributed by atoms with E-state index in [9.17, 15) is 9.59 Å². The first-order chi connectivity index (χ1) is 9.50. The Kier molecular flexibility index (Phi) is 3.00. The third-order valence-electron chi connectivity index (χ3n) is 3.05. The van der Waals surface area contributed by atoms with Gasteiger partial charge in [-0.1, -0.05) is 34.4 Å². The monoisotopic (exact) mass is 307 g/mol. The van der Waals surface area contributed by atoms with Gasteiger partial charge in [0.25, 0.3) is 0 Å². The number of carbonyl (C=O) groups excluding carboxylic acids is 2. The summed E-state index contributed by atoms with van der Waals surface area (Å²) in [5.41, 5.74) is 1.03. The van der Waals surface area contributed by atoms with Crippen LogP contribution in [0.15, 0.2) is 34.4 Å². The van der Waals surface area contributed by atoms with Gasteiger partial charge in [0, 0.05) is 11.1 Å². The number of benzene rings is 1. The molecule has 4 nitrogen and oxygen atoms in total. The van der Waals surface area contributed by atoms with Gasteiger partial charge in [0.2, 0.25) is 11.5 Å². The first-order valence-corrected chi connectivity index (χ1v) is 6.47. The van der Waals surface area contributed by atoms with E-state index < -0.39 is 0 Å². The summed E-state index contributed by atoms with van der Waals surface area (Å²) in [4.78, 5) is 24.1. The second-order valence-electron chi connectivity index (χ2n) is 4.35. The predicted octanol–water partition coefficient (Wildman–Crippen LogP) is 3.97. The Bertz CT molecular complexity index is 769. The summed E-state index contributed by atoms with van der Waals surface area (Å²) in [5, 5.41) is 4.47. The molecule has 1 aliphatic carbocycles. The minimum absolute atomic E-state index is 0.0772. The highest BCUT2D eigenvalue weighted by atomic mass is 35.5. The van der Waals surface area contributed by atoms with Crippen LogP contribution in [0.2, 0.25) is 10.0 Å². The van der Waals surface area contributed by atoms with Crippen molar-refractivity contribution in [1.29, 1.82) is 0 Å². The van der Waals surface area contributed by atoms with Crippen LogP contribution in [0.5, 0.6) is 0 Å². The van der Waals surface area contributed by atoms with Crippen LogP contribution in [0.4, 0.5) is 0 Å². The van der Waals surface area contributed by atoms with Crippen molar-refractivity contribution in [3.8, 4) is 11.3 Å². The van der Waals surface area contributed by atoms with E-state index in [4.69, 9.17) is 27.7 Å². The van der Waals surface area contributed by atoms with Gasteiger partial charge in [0.05, 0.1) is 10.0 Å². The molecule has 0 spiro atoms. The van der Waals surface area contributed by atoms with Crippen LogP contribution in [0.1, 0.15) is 27.8 Å². The van der Waals surface area contributed by atoms with Crippen molar-refractivity contribution in [2.75, 3.05) is 0 Å². The Morgan fingerprint density at radius 2 is 1.75 bits per heavy atom. The molecular weight excluding hydrogens is 301 g/mol. The summed E-state index contributed by atoms with van der Waals surface area (Å²) >= 11 is 12.2. The molecule has 0 saturated heterocycles. The summed E-state index contributed by atoms with van der Waals surface area (Å²) in [6.07, 6.45) is 1.23. The Morgan fingerprint density at radius 1 is 1.10 bits per heavy atom. The van der Waals surface area contributed by atoms with Crippen molar-refractivity contribution in [3.63, 3.8) is 0 Å². The molecule has 3 rings (SSSR count). The van der Waals surface area contributed by atoms with Crippen molar-refractivity contribution in [1.82, 2.24) is 5.16 Å². The van der Waals surface area contributed by atoms with Crippen LogP contribution in [0, 0.1) is 0 Å². The Labute approximate surface area is 124 Å². The lowest BCUT2D eigenvalue weighted by Gasteiger charge is -2.09. The molecule has 1 heterocycles. The van der Waals surface area contributed by atoms with Gasteiger partial charge in [0.1, 0.15) is 11.3 Å². The quantitative estimate of drug-likeness (QED) is 0.799. The van der Waals surface area contributed by atoms with E-state index in [1.165, 1.54) is 6.08 Å². The van der Waals surface area contributed by atoms with E-state index >= 15 is 0 Å². The van der Waals surface area contributed by atoms with Crippen molar-refractivity contribution in [3.05, 3.63) is 51.2 Å². The zero-order valence-corrected chi connectivity index (χ0v) is 11.7. The molecule has 0 atom stereocenters. The van der Waals surface area contributed by atoms with Crippen molar-refractivity contribution in [2.24, 2.45) is 0 Å². The van der Waals surface area contributed by atoms with E-state index in [1.807, 2.05) is 0 Å². The highest BCUT2D eigenvalue weighted by Gasteiger charge is 2.33. The summed E-state index contributed by atoms with van der Waals surface area (Å²) in [5.74, 6) is -0.780. The molecule has 6 heteroatoms. The van der Waals surface area contributed by atoms with Gasteiger partial charge in [-0.2, -0.15) is 0 Å². The van der Waals surface area contributed by atoms with Crippen LogP contribution in [0.3, 0.4) is 0 Å². The number of Topliss-reactive ketones (excluding diaryl/α,β-unsaturated/α-hetero) is 1. The topological polar surface area (TPSA) is 60.2 Å². The number of carbonyl (C=O) groups is 2. The molecule has 20 heavy (non-hydrogen) atoms. The number of fused-ring (bicyclic) bond motifs is 1. The molecule has 100 valence electrons. The number of allylic oxidation sites excluding steroid dienone is 2. The fraction of sp³-hybridized carbons (Fsp3) is 0.0714. The van der Waals surface area contributed by atoms with Gasteiger partial charge in [-0.25, -0.2) is 0 Å². The van der Waals surface area contributed by atoms with Crippen LogP contribution in [-0.4, -0.2) is 16.7 Å². The van der Waals surface area contributed by atoms with Crippen LogP contribution in [-0.2, 0) is 0 Å². The zero-order chi connectivity index (χ0) is 14.4. The Morgan fingerprint density at radius 3 is 2.40 bits per heavy atom. The molecular formula is C14H7Cl2NO3. The van der Waals surface area contributed by atoms with Gasteiger partial charge in [-0.3, -0.25) is 9.59 Å². The van der Waals surface area contributed by atoms with Crippen LogP contribution >= 0.6 is 23.2 Å². The maximum absolute atomic E-state index is 12.2. The van der Waals surface area contributed by atoms with Crippen molar-refractivity contribution in [2.45, 2.75) is 6.92 Å². The average Bonchev–Trinajstić information content (AvgIpc) is 2.81. The third kappa shape index (κ3) is 1.80. The number of ketones is 2. The smallest absolute Gasteiger partial charge is 0.225 e. The number of hydrogen-bond acceptors (Lipinski definition) is 4. The van der Waals surface area contributed by atoms with Gasteiger partial charge in [0.15, 0.2) is 5.78 Å². The van der Waals surface area contributed by atoms with Gasteiger partial charge in [-0.15, -0.1) is 0 Å². The number of halogens is 2. The first-order valence-electron chi connectivity index (χ1n) is 5.72. The van der Waals surface area contributed by atoms with Crippen LogP contribution < -0.4 is 0 Å². The lowest BCUT2D eigenvalue weighted by molar-refractivity contribution is 0.0962. The van der Waals surface area contributed by atoms with Gasteiger partial charge < -0.3 is 4.52 Å². The van der Waals surface area contributed by atoms with E-state index in [-0.39, 0.29) is 28.6 Å². The number of nitrogens with zero attached hydrogens (tertiary/aromatic N) is 1. The minimum atomic E-state index is -0.390. The van der Waals surface area contributed by atoms with E-state index in [2.05, 4.69) is 5.16 Å². The lowest BCUT2D eigenvalue weighted by atomic mass is 9.92. The van der Waals surface area contributed by atoms with Crippen molar-refractivity contribution < 1.29 is 14.1 Å². The number of hydrogen-bond donors (Lipinski definition) is 0. The first kappa shape index (κ1) is 13.1. The molecule has 0 N–H and O–H groups in total. The maximum Gasteiger partial charge on any atom is 0.225 e. The Balaban J connectivity index is 2.31. The second kappa shape index (κ2) is 4.58. The van der Waals surface area contributed by atoms with Gasteiger partial charge >= 0.3 is 0 Å². The Hall–Kier alpha value is -1.91. The summed E-state index contributed by atoms with van der Waals surface area (Å²) in [6.45, 7) is 1.56. The highest BCUT2D eigenvalue weighted by Crippen LogP contribution is 2.38. The fourth-order valence-corrected chi connectivity index (χ4v) is 2.66. The fourth-order valence-electron chi connectivity index (χ4n) is 2.09. The lowest BCUT2D eigenvalue weighted by Crippen LogP contribution is -2.14. The number of aromatic nitrogens is 1. The third-order valence-corrected chi connectivity index (χ3v) is 3.68. The average molecular weight is 308 g/mol. The molecule has 0 amide bonds. The molecule has 1 aromatic carbocycles. The summed E-state index contributed by atoms with van der Waals surface area (Å²) in [6, 6.07) is 4.93. The van der Waals surface area contributed by atoms with E-state index in [1.54, 1.807) is 25.1 Å². The second-order valence-corrected chi connectivity index (χ2v) is 5.17. The maximum atomic E-state index is 12.2. The molecule has 1 aliphatic rings. The summed E-state index contributed by atoms with van der Waals surface area (Å²) in [7, 11) is 0. The SMILES string of the molecule is CC1=CC(=O)c2onc(-c3c(Cl)cccc3Cl)c2C1=O. The molecule has 0 bridgehead atoms. The van der Waals surface area contributed by atoms with Crippen molar-refractivity contribution >= 4 is 34.8 Å². The molecule has 0 radical (unpaired) electrons. The predicted molar refractivity (Wildman–Crippen MR) is 74.4 cm³/mol. The summed E-state index contributed by atoms with van der Waals surface area (Å²) < 4.78 is 5.00. The molecule has 0 fully saturated rings. The number of rotatable bonds is 1. The molecule has 0 saturated carbocycles. The molecule has 1 aromatic heterocycles. The molecule has 0 unspecified atom stereocenters. The molecule has 2 aromatic rings. The standard InChI is InChI=1S/C14H7Cl2NO3/c1-6-5-9(18)14-11(13(6)19)12(17-20-14)10-7(15)3-2-4-8(10)16/h2-5H,1H3. The molecule has 0 aliphatic heterocycles. The van der Waals surface area contributed by atoms with Crippen LogP contribution in [0.25, 0.3) is 11.3 Å². The van der Waals surface area contributed by atoms with E-state index in [0.29, 0.717) is 21.2 Å². The minimum Gasteiger partial charge on any atom is -0.351 e. The van der Waals surface area contributed by atoms with E-state index in [0.717, 1.165) is 0 Å².